The van der Waals surface area contributed by atoms with Gasteiger partial charge < -0.3 is 4.57 Å². The summed E-state index contributed by atoms with van der Waals surface area (Å²) in [6.07, 6.45) is 0.985. The van der Waals surface area contributed by atoms with Gasteiger partial charge in [-0.3, -0.25) is 5.10 Å². The lowest BCUT2D eigenvalue weighted by Crippen LogP contribution is -1.99. The van der Waals surface area contributed by atoms with Crippen LogP contribution in [0.1, 0.15) is 18.9 Å². The van der Waals surface area contributed by atoms with E-state index in [2.05, 4.69) is 23.2 Å². The van der Waals surface area contributed by atoms with E-state index in [-0.39, 0.29) is 0 Å². The maximum atomic E-state index is 8.88. The van der Waals surface area contributed by atoms with E-state index in [1.165, 1.54) is 0 Å². The first-order valence-corrected chi connectivity index (χ1v) is 5.83. The lowest BCUT2D eigenvalue weighted by molar-refractivity contribution is 0.675. The fraction of sp³-hybridized carbons (Fsp3) is 0.250. The van der Waals surface area contributed by atoms with E-state index >= 15 is 0 Å². The Hall–Kier alpha value is -1.93. The molecule has 0 saturated carbocycles. The van der Waals surface area contributed by atoms with Crippen LogP contribution in [-0.2, 0) is 6.54 Å². The molecule has 0 fully saturated rings. The second-order valence-corrected chi connectivity index (χ2v) is 4.08. The summed E-state index contributed by atoms with van der Waals surface area (Å²) in [6, 6.07) is 9.49. The van der Waals surface area contributed by atoms with Gasteiger partial charge in [0.25, 0.3) is 0 Å². The molecule has 1 aromatic heterocycles. The van der Waals surface area contributed by atoms with Gasteiger partial charge in [0.1, 0.15) is 0 Å². The third-order valence-corrected chi connectivity index (χ3v) is 2.77. The van der Waals surface area contributed by atoms with Gasteiger partial charge >= 0.3 is 0 Å². The summed E-state index contributed by atoms with van der Waals surface area (Å²) >= 11 is 5.18. The molecule has 4 nitrogen and oxygen atoms in total. The molecule has 0 atom stereocenters. The maximum absolute atomic E-state index is 8.88. The minimum atomic E-state index is 0.615. The number of nitrogens with one attached hydrogen (secondary N) is 1. The van der Waals surface area contributed by atoms with Crippen molar-refractivity contribution in [3.05, 3.63) is 34.6 Å². The first-order valence-electron chi connectivity index (χ1n) is 5.42. The van der Waals surface area contributed by atoms with Crippen molar-refractivity contribution in [2.24, 2.45) is 0 Å². The van der Waals surface area contributed by atoms with Gasteiger partial charge in [0.2, 0.25) is 0 Å². The van der Waals surface area contributed by atoms with E-state index in [9.17, 15) is 0 Å². The van der Waals surface area contributed by atoms with Gasteiger partial charge in [0.05, 0.1) is 11.6 Å². The predicted molar refractivity (Wildman–Crippen MR) is 67.9 cm³/mol. The molecule has 0 aliphatic heterocycles. The first-order chi connectivity index (χ1) is 8.26. The molecule has 1 heterocycles. The third-order valence-electron chi connectivity index (χ3n) is 2.46. The van der Waals surface area contributed by atoms with Crippen molar-refractivity contribution in [3.8, 4) is 17.5 Å². The molecule has 5 heteroatoms. The van der Waals surface area contributed by atoms with Gasteiger partial charge in [-0.2, -0.15) is 10.4 Å². The summed E-state index contributed by atoms with van der Waals surface area (Å²) in [4.78, 5) is 0. The van der Waals surface area contributed by atoms with E-state index in [0.717, 1.165) is 24.4 Å². The fourth-order valence-electron chi connectivity index (χ4n) is 1.70. The van der Waals surface area contributed by atoms with Crippen LogP contribution in [0.15, 0.2) is 24.3 Å². The van der Waals surface area contributed by atoms with Gasteiger partial charge in [0, 0.05) is 12.1 Å². The number of aromatic nitrogens is 3. The van der Waals surface area contributed by atoms with Crippen molar-refractivity contribution in [2.45, 2.75) is 19.9 Å². The Labute approximate surface area is 105 Å². The Bertz CT molecular complexity index is 618. The van der Waals surface area contributed by atoms with Gasteiger partial charge in [0.15, 0.2) is 10.6 Å². The van der Waals surface area contributed by atoms with Crippen LogP contribution in [0.4, 0.5) is 0 Å². The Kier molecular flexibility index (Phi) is 3.35. The second kappa shape index (κ2) is 4.93. The molecular formula is C12H12N4S. The average Bonchev–Trinajstić information content (AvgIpc) is 2.72. The summed E-state index contributed by atoms with van der Waals surface area (Å²) in [7, 11) is 0. The first kappa shape index (κ1) is 11.6. The SMILES string of the molecule is CCCn1c(-c2cccc(C#N)c2)n[nH]c1=S. The minimum absolute atomic E-state index is 0.615. The summed E-state index contributed by atoms with van der Waals surface area (Å²) in [5.74, 6) is 0.786. The van der Waals surface area contributed by atoms with Gasteiger partial charge in [-0.05, 0) is 30.8 Å². The van der Waals surface area contributed by atoms with Crippen LogP contribution in [0.3, 0.4) is 0 Å². The number of H-pyrrole nitrogens is 1. The molecule has 2 rings (SSSR count). The highest BCUT2D eigenvalue weighted by Gasteiger charge is 2.08. The quantitative estimate of drug-likeness (QED) is 0.844. The van der Waals surface area contributed by atoms with Crippen LogP contribution in [0.25, 0.3) is 11.4 Å². The Morgan fingerprint density at radius 2 is 2.35 bits per heavy atom. The molecule has 0 amide bonds. The number of nitrogens with zero attached hydrogens (tertiary/aromatic N) is 3. The number of rotatable bonds is 3. The molecule has 1 N–H and O–H groups in total. The third kappa shape index (κ3) is 2.27. The van der Waals surface area contributed by atoms with Crippen LogP contribution in [-0.4, -0.2) is 14.8 Å². The van der Waals surface area contributed by atoms with Gasteiger partial charge in [-0.15, -0.1) is 0 Å². The van der Waals surface area contributed by atoms with E-state index < -0.39 is 0 Å². The number of hydrogen-bond donors (Lipinski definition) is 1. The standard InChI is InChI=1S/C12H12N4S/c1-2-6-16-11(14-15-12(16)17)10-5-3-4-9(7-10)8-13/h3-5,7H,2,6H2,1H3,(H,15,17). The zero-order valence-electron chi connectivity index (χ0n) is 9.47. The topological polar surface area (TPSA) is 57.4 Å². The normalized spacial score (nSPS) is 10.1. The van der Waals surface area contributed by atoms with E-state index in [0.29, 0.717) is 10.3 Å². The fourth-order valence-corrected chi connectivity index (χ4v) is 1.92. The highest BCUT2D eigenvalue weighted by atomic mass is 32.1. The number of aromatic amines is 1. The molecule has 0 aliphatic carbocycles. The molecular weight excluding hydrogens is 232 g/mol. The molecule has 0 radical (unpaired) electrons. The lowest BCUT2D eigenvalue weighted by Gasteiger charge is -2.04. The van der Waals surface area contributed by atoms with E-state index in [1.54, 1.807) is 6.07 Å². The lowest BCUT2D eigenvalue weighted by atomic mass is 10.1. The smallest absolute Gasteiger partial charge is 0.195 e. The van der Waals surface area contributed by atoms with Crippen LogP contribution in [0.2, 0.25) is 0 Å². The maximum Gasteiger partial charge on any atom is 0.195 e. The number of benzene rings is 1. The molecule has 0 spiro atoms. The average molecular weight is 244 g/mol. The van der Waals surface area contributed by atoms with Crippen molar-refractivity contribution >= 4 is 12.2 Å². The largest absolute Gasteiger partial charge is 0.300 e. The zero-order valence-corrected chi connectivity index (χ0v) is 10.3. The Balaban J connectivity index is 2.53. The summed E-state index contributed by atoms with van der Waals surface area (Å²) in [5.41, 5.74) is 1.53. The second-order valence-electron chi connectivity index (χ2n) is 3.70. The van der Waals surface area contributed by atoms with Gasteiger partial charge in [-0.25, -0.2) is 0 Å². The zero-order chi connectivity index (χ0) is 12.3. The molecule has 1 aromatic carbocycles. The predicted octanol–water partition coefficient (Wildman–Crippen LogP) is 2.89. The molecule has 2 aromatic rings. The minimum Gasteiger partial charge on any atom is -0.300 e. The molecule has 86 valence electrons. The molecule has 0 bridgehead atoms. The van der Waals surface area contributed by atoms with Crippen LogP contribution >= 0.6 is 12.2 Å². The van der Waals surface area contributed by atoms with Crippen molar-refractivity contribution < 1.29 is 0 Å². The summed E-state index contributed by atoms with van der Waals surface area (Å²) < 4.78 is 2.57. The van der Waals surface area contributed by atoms with Crippen molar-refractivity contribution in [1.82, 2.24) is 14.8 Å². The van der Waals surface area contributed by atoms with Gasteiger partial charge in [-0.1, -0.05) is 19.1 Å². The number of nitriles is 1. The van der Waals surface area contributed by atoms with E-state index in [4.69, 9.17) is 17.5 Å². The molecule has 17 heavy (non-hydrogen) atoms. The Morgan fingerprint density at radius 1 is 1.53 bits per heavy atom. The highest BCUT2D eigenvalue weighted by Crippen LogP contribution is 2.18. The van der Waals surface area contributed by atoms with Crippen molar-refractivity contribution in [3.63, 3.8) is 0 Å². The molecule has 0 unspecified atom stereocenters. The summed E-state index contributed by atoms with van der Waals surface area (Å²) in [6.45, 7) is 2.91. The van der Waals surface area contributed by atoms with Crippen LogP contribution in [0, 0.1) is 16.1 Å². The summed E-state index contributed by atoms with van der Waals surface area (Å²) in [5, 5.41) is 15.9. The highest BCUT2D eigenvalue weighted by molar-refractivity contribution is 7.71. The van der Waals surface area contributed by atoms with Crippen LogP contribution in [0.5, 0.6) is 0 Å². The van der Waals surface area contributed by atoms with Crippen LogP contribution < -0.4 is 0 Å². The molecule has 0 saturated heterocycles. The Morgan fingerprint density at radius 3 is 3.06 bits per heavy atom. The number of hydrogen-bond acceptors (Lipinski definition) is 3. The van der Waals surface area contributed by atoms with Crippen molar-refractivity contribution in [2.75, 3.05) is 0 Å². The van der Waals surface area contributed by atoms with Crippen molar-refractivity contribution in [1.29, 1.82) is 5.26 Å². The molecule has 0 aliphatic rings. The van der Waals surface area contributed by atoms with E-state index in [1.807, 2.05) is 22.8 Å². The monoisotopic (exact) mass is 244 g/mol.